The van der Waals surface area contributed by atoms with Crippen LogP contribution in [0.15, 0.2) is 60.9 Å². The third-order valence-corrected chi connectivity index (χ3v) is 6.20. The second kappa shape index (κ2) is 9.97. The highest BCUT2D eigenvalue weighted by molar-refractivity contribution is 6.44. The van der Waals surface area contributed by atoms with Gasteiger partial charge < -0.3 is 19.1 Å². The van der Waals surface area contributed by atoms with Crippen molar-refractivity contribution in [3.8, 4) is 17.2 Å². The van der Waals surface area contributed by atoms with Gasteiger partial charge in [-0.15, -0.1) is 0 Å². The van der Waals surface area contributed by atoms with Crippen LogP contribution < -0.4 is 14.2 Å². The quantitative estimate of drug-likeness (QED) is 0.280. The van der Waals surface area contributed by atoms with Gasteiger partial charge in [0.15, 0.2) is 5.78 Å². The standard InChI is InChI=1S/C27H26N2O6/c1-16-12-18(7-10-21(16)34-3)25(30)23-24(20-9-8-19(33-2)13-22(20)35-4)29(27(32)26(23)31)15-17-6-5-11-28-14-17/h5-14,23-24H,15H2,1-4H3. The molecule has 1 aliphatic heterocycles. The molecular formula is C27H26N2O6. The number of ketones is 2. The zero-order valence-corrected chi connectivity index (χ0v) is 20.0. The van der Waals surface area contributed by atoms with Crippen LogP contribution in [0.3, 0.4) is 0 Å². The number of benzene rings is 2. The van der Waals surface area contributed by atoms with E-state index in [9.17, 15) is 14.4 Å². The maximum absolute atomic E-state index is 13.7. The first-order chi connectivity index (χ1) is 16.9. The minimum absolute atomic E-state index is 0.115. The summed E-state index contributed by atoms with van der Waals surface area (Å²) in [6, 6.07) is 12.8. The average Bonchev–Trinajstić information content (AvgIpc) is 3.13. The highest BCUT2D eigenvalue weighted by Crippen LogP contribution is 2.43. The molecule has 8 nitrogen and oxygen atoms in total. The van der Waals surface area contributed by atoms with Gasteiger partial charge in [0, 0.05) is 36.1 Å². The maximum atomic E-state index is 13.7. The van der Waals surface area contributed by atoms with Gasteiger partial charge in [-0.25, -0.2) is 0 Å². The second-order valence-electron chi connectivity index (χ2n) is 8.24. The molecule has 1 amide bonds. The van der Waals surface area contributed by atoms with Gasteiger partial charge in [-0.2, -0.15) is 0 Å². The van der Waals surface area contributed by atoms with E-state index in [1.54, 1.807) is 62.0 Å². The normalized spacial score (nSPS) is 17.4. The van der Waals surface area contributed by atoms with Crippen molar-refractivity contribution in [1.82, 2.24) is 9.88 Å². The van der Waals surface area contributed by atoms with Crippen molar-refractivity contribution in [2.24, 2.45) is 5.92 Å². The van der Waals surface area contributed by atoms with E-state index in [1.807, 2.05) is 13.0 Å². The molecule has 0 N–H and O–H groups in total. The number of methoxy groups -OCH3 is 3. The third-order valence-electron chi connectivity index (χ3n) is 6.20. The highest BCUT2D eigenvalue weighted by atomic mass is 16.5. The number of nitrogens with zero attached hydrogens (tertiary/aromatic N) is 2. The van der Waals surface area contributed by atoms with Gasteiger partial charge in [-0.1, -0.05) is 6.07 Å². The topological polar surface area (TPSA) is 95.0 Å². The number of rotatable bonds is 8. The molecule has 1 aliphatic rings. The van der Waals surface area contributed by atoms with Gasteiger partial charge in [-0.3, -0.25) is 19.4 Å². The summed E-state index contributed by atoms with van der Waals surface area (Å²) in [5.41, 5.74) is 2.36. The zero-order chi connectivity index (χ0) is 25.1. The largest absolute Gasteiger partial charge is 0.497 e. The van der Waals surface area contributed by atoms with Crippen molar-refractivity contribution in [2.75, 3.05) is 21.3 Å². The predicted molar refractivity (Wildman–Crippen MR) is 128 cm³/mol. The molecule has 1 fully saturated rings. The van der Waals surface area contributed by atoms with Crippen LogP contribution in [0.2, 0.25) is 0 Å². The van der Waals surface area contributed by atoms with E-state index in [1.165, 1.54) is 19.1 Å². The summed E-state index contributed by atoms with van der Waals surface area (Å²) in [5.74, 6) is -1.57. The summed E-state index contributed by atoms with van der Waals surface area (Å²) in [6.07, 6.45) is 3.25. The number of likely N-dealkylation sites (tertiary alicyclic amines) is 1. The molecule has 2 heterocycles. The highest BCUT2D eigenvalue weighted by Gasteiger charge is 2.52. The van der Waals surface area contributed by atoms with Gasteiger partial charge in [0.05, 0.1) is 27.4 Å². The summed E-state index contributed by atoms with van der Waals surface area (Å²) in [4.78, 5) is 45.8. The lowest BCUT2D eigenvalue weighted by Crippen LogP contribution is -2.30. The Morgan fingerprint density at radius 1 is 0.971 bits per heavy atom. The van der Waals surface area contributed by atoms with E-state index >= 15 is 0 Å². The molecule has 4 rings (SSSR count). The van der Waals surface area contributed by atoms with Crippen molar-refractivity contribution in [2.45, 2.75) is 19.5 Å². The number of hydrogen-bond donors (Lipinski definition) is 0. The van der Waals surface area contributed by atoms with E-state index in [-0.39, 0.29) is 6.54 Å². The van der Waals surface area contributed by atoms with Crippen molar-refractivity contribution >= 4 is 17.5 Å². The Hall–Kier alpha value is -4.20. The molecule has 35 heavy (non-hydrogen) atoms. The number of ether oxygens (including phenoxy) is 3. The lowest BCUT2D eigenvalue weighted by molar-refractivity contribution is -0.141. The average molecular weight is 475 g/mol. The SMILES string of the molecule is COc1ccc(C2C(C(=O)c3ccc(OC)c(C)c3)C(=O)C(=O)N2Cc2cccnc2)c(OC)c1. The molecule has 8 heteroatoms. The Labute approximate surface area is 203 Å². The fraction of sp³-hybridized carbons (Fsp3) is 0.259. The Morgan fingerprint density at radius 2 is 1.74 bits per heavy atom. The molecule has 2 aromatic carbocycles. The molecule has 0 spiro atoms. The van der Waals surface area contributed by atoms with Gasteiger partial charge in [0.25, 0.3) is 5.91 Å². The smallest absolute Gasteiger partial charge is 0.291 e. The number of carbonyl (C=O) groups excluding carboxylic acids is 3. The van der Waals surface area contributed by atoms with E-state index in [0.29, 0.717) is 28.4 Å². The summed E-state index contributed by atoms with van der Waals surface area (Å²) < 4.78 is 16.2. The number of hydrogen-bond acceptors (Lipinski definition) is 7. The number of aromatic nitrogens is 1. The predicted octanol–water partition coefficient (Wildman–Crippen LogP) is 3.57. The first-order valence-corrected chi connectivity index (χ1v) is 11.0. The molecule has 0 radical (unpaired) electrons. The van der Waals surface area contributed by atoms with Crippen molar-refractivity contribution in [1.29, 1.82) is 0 Å². The summed E-state index contributed by atoms with van der Waals surface area (Å²) in [7, 11) is 4.57. The van der Waals surface area contributed by atoms with E-state index in [4.69, 9.17) is 14.2 Å². The zero-order valence-electron chi connectivity index (χ0n) is 20.0. The summed E-state index contributed by atoms with van der Waals surface area (Å²) in [6.45, 7) is 1.93. The number of carbonyl (C=O) groups is 3. The molecule has 0 bridgehead atoms. The van der Waals surface area contributed by atoms with Crippen LogP contribution in [0.4, 0.5) is 0 Å². The molecule has 2 unspecified atom stereocenters. The monoisotopic (exact) mass is 474 g/mol. The number of Topliss-reactive ketones (excluding diaryl/α,β-unsaturated/α-hetero) is 2. The van der Waals surface area contributed by atoms with Crippen LogP contribution in [-0.4, -0.2) is 48.7 Å². The number of pyridine rings is 1. The lowest BCUT2D eigenvalue weighted by atomic mass is 9.85. The van der Waals surface area contributed by atoms with Crippen LogP contribution in [-0.2, 0) is 16.1 Å². The molecule has 1 aromatic heterocycles. The van der Waals surface area contributed by atoms with E-state index in [0.717, 1.165) is 11.1 Å². The van der Waals surface area contributed by atoms with Crippen LogP contribution in [0.25, 0.3) is 0 Å². The van der Waals surface area contributed by atoms with Gasteiger partial charge in [0.2, 0.25) is 5.78 Å². The summed E-state index contributed by atoms with van der Waals surface area (Å²) in [5, 5.41) is 0. The Bertz CT molecular complexity index is 1270. The molecular weight excluding hydrogens is 448 g/mol. The Morgan fingerprint density at radius 3 is 2.37 bits per heavy atom. The van der Waals surface area contributed by atoms with Gasteiger partial charge in [0.1, 0.15) is 23.2 Å². The van der Waals surface area contributed by atoms with Crippen LogP contribution in [0, 0.1) is 12.8 Å². The Balaban J connectivity index is 1.83. The Kier molecular flexibility index (Phi) is 6.82. The minimum atomic E-state index is -1.24. The van der Waals surface area contributed by atoms with Crippen LogP contribution in [0.1, 0.15) is 33.1 Å². The maximum Gasteiger partial charge on any atom is 0.291 e. The van der Waals surface area contributed by atoms with Crippen molar-refractivity contribution in [3.63, 3.8) is 0 Å². The van der Waals surface area contributed by atoms with Crippen molar-refractivity contribution in [3.05, 3.63) is 83.2 Å². The minimum Gasteiger partial charge on any atom is -0.497 e. The summed E-state index contributed by atoms with van der Waals surface area (Å²) >= 11 is 0. The van der Waals surface area contributed by atoms with Gasteiger partial charge >= 0.3 is 0 Å². The first kappa shape index (κ1) is 23.9. The molecule has 0 saturated carbocycles. The first-order valence-electron chi connectivity index (χ1n) is 11.0. The molecule has 0 aliphatic carbocycles. The molecule has 180 valence electrons. The fourth-order valence-electron chi connectivity index (χ4n) is 4.47. The van der Waals surface area contributed by atoms with Crippen LogP contribution in [0.5, 0.6) is 17.2 Å². The third kappa shape index (κ3) is 4.47. The van der Waals surface area contributed by atoms with E-state index in [2.05, 4.69) is 4.98 Å². The second-order valence-corrected chi connectivity index (χ2v) is 8.24. The number of aryl methyl sites for hydroxylation is 1. The number of amides is 1. The fourth-order valence-corrected chi connectivity index (χ4v) is 4.47. The van der Waals surface area contributed by atoms with Crippen LogP contribution >= 0.6 is 0 Å². The van der Waals surface area contributed by atoms with Gasteiger partial charge in [-0.05, 0) is 54.4 Å². The lowest BCUT2D eigenvalue weighted by Gasteiger charge is -2.28. The van der Waals surface area contributed by atoms with E-state index < -0.39 is 29.4 Å². The molecule has 3 aromatic rings. The molecule has 1 saturated heterocycles. The van der Waals surface area contributed by atoms with Crippen molar-refractivity contribution < 1.29 is 28.6 Å². The molecule has 2 atom stereocenters.